The fourth-order valence-corrected chi connectivity index (χ4v) is 6.08. The van der Waals surface area contributed by atoms with E-state index in [2.05, 4.69) is 23.6 Å². The van der Waals surface area contributed by atoms with Gasteiger partial charge in [0, 0.05) is 37.0 Å². The predicted octanol–water partition coefficient (Wildman–Crippen LogP) is 3.44. The summed E-state index contributed by atoms with van der Waals surface area (Å²) in [7, 11) is 0. The minimum absolute atomic E-state index is 0.262. The summed E-state index contributed by atoms with van der Waals surface area (Å²) in [5.41, 5.74) is 1.51. The Hall–Kier alpha value is -1.73. The molecule has 3 aliphatic rings. The third-order valence-electron chi connectivity index (χ3n) is 6.94. The van der Waals surface area contributed by atoms with Gasteiger partial charge in [-0.1, -0.05) is 13.8 Å². The highest BCUT2D eigenvalue weighted by atomic mass is 32.1. The van der Waals surface area contributed by atoms with E-state index in [4.69, 9.17) is 9.97 Å². The molecular weight excluding hydrogens is 394 g/mol. The molecule has 30 heavy (non-hydrogen) atoms. The Kier molecular flexibility index (Phi) is 5.67. The number of aryl methyl sites for hydroxylation is 2. The van der Waals surface area contributed by atoms with Crippen molar-refractivity contribution in [1.82, 2.24) is 19.8 Å². The van der Waals surface area contributed by atoms with Crippen LogP contribution in [-0.4, -0.2) is 71.5 Å². The van der Waals surface area contributed by atoms with Gasteiger partial charge in [0.25, 0.3) is 0 Å². The number of carbonyl (C=O) groups excluding carboxylic acids is 1. The average molecular weight is 428 g/mol. The maximum Gasteiger partial charge on any atom is 0.236 e. The predicted molar refractivity (Wildman–Crippen MR) is 123 cm³/mol. The molecule has 2 aliphatic carbocycles. The summed E-state index contributed by atoms with van der Waals surface area (Å²) >= 11 is 1.91. The van der Waals surface area contributed by atoms with Crippen LogP contribution < -0.4 is 4.90 Å². The second-order valence-corrected chi connectivity index (χ2v) is 9.98. The molecule has 0 radical (unpaired) electrons. The molecule has 7 heteroatoms. The zero-order valence-corrected chi connectivity index (χ0v) is 19.1. The Labute approximate surface area is 183 Å². The number of hydrogen-bond acceptors (Lipinski definition) is 6. The number of thiophene rings is 1. The van der Waals surface area contributed by atoms with Gasteiger partial charge in [-0.25, -0.2) is 9.97 Å². The smallest absolute Gasteiger partial charge is 0.236 e. The van der Waals surface area contributed by atoms with Crippen molar-refractivity contribution in [3.63, 3.8) is 0 Å². The quantitative estimate of drug-likeness (QED) is 0.707. The Morgan fingerprint density at radius 3 is 2.50 bits per heavy atom. The highest BCUT2D eigenvalue weighted by Crippen LogP contribution is 2.44. The van der Waals surface area contributed by atoms with E-state index >= 15 is 0 Å². The first-order valence-corrected chi connectivity index (χ1v) is 12.6. The van der Waals surface area contributed by atoms with Crippen LogP contribution >= 0.6 is 11.3 Å². The van der Waals surface area contributed by atoms with Crippen molar-refractivity contribution in [2.45, 2.75) is 58.3 Å². The number of aromatic nitrogens is 2. The van der Waals surface area contributed by atoms with E-state index in [0.29, 0.717) is 12.5 Å². The molecule has 6 nitrogen and oxygen atoms in total. The van der Waals surface area contributed by atoms with Gasteiger partial charge < -0.3 is 9.80 Å². The molecule has 2 aromatic rings. The SMILES string of the molecule is CCN(CC)CC(=O)N1CCN(c2nc(C3CC3)nc3sc4c(c23)CCCC4)CC1. The Morgan fingerprint density at radius 2 is 1.80 bits per heavy atom. The van der Waals surface area contributed by atoms with Crippen molar-refractivity contribution >= 4 is 33.3 Å². The van der Waals surface area contributed by atoms with Gasteiger partial charge in [-0.15, -0.1) is 11.3 Å². The van der Waals surface area contributed by atoms with E-state index in [1.165, 1.54) is 52.8 Å². The monoisotopic (exact) mass is 427 g/mol. The van der Waals surface area contributed by atoms with Gasteiger partial charge in [-0.3, -0.25) is 9.69 Å². The molecule has 1 saturated heterocycles. The molecule has 162 valence electrons. The molecule has 2 fully saturated rings. The number of piperazine rings is 1. The second kappa shape index (κ2) is 8.42. The van der Waals surface area contributed by atoms with Crippen LogP contribution in [0.25, 0.3) is 10.2 Å². The zero-order chi connectivity index (χ0) is 20.7. The number of fused-ring (bicyclic) bond motifs is 3. The molecule has 1 amide bonds. The molecule has 1 aliphatic heterocycles. The highest BCUT2D eigenvalue weighted by Gasteiger charge is 2.32. The van der Waals surface area contributed by atoms with E-state index in [1.54, 1.807) is 0 Å². The van der Waals surface area contributed by atoms with Gasteiger partial charge in [0.15, 0.2) is 0 Å². The van der Waals surface area contributed by atoms with Crippen LogP contribution in [0.1, 0.15) is 61.7 Å². The summed E-state index contributed by atoms with van der Waals surface area (Å²) in [6, 6.07) is 0. The summed E-state index contributed by atoms with van der Waals surface area (Å²) in [4.78, 5) is 32.3. The number of nitrogens with zero attached hydrogens (tertiary/aromatic N) is 5. The fraction of sp³-hybridized carbons (Fsp3) is 0.696. The minimum atomic E-state index is 0.262. The number of hydrogen-bond donors (Lipinski definition) is 0. The fourth-order valence-electron chi connectivity index (χ4n) is 4.81. The maximum atomic E-state index is 12.7. The topological polar surface area (TPSA) is 52.6 Å². The zero-order valence-electron chi connectivity index (χ0n) is 18.3. The first kappa shape index (κ1) is 20.2. The Balaban J connectivity index is 1.38. The molecule has 0 atom stereocenters. The van der Waals surface area contributed by atoms with Crippen LogP contribution in [-0.2, 0) is 17.6 Å². The molecule has 1 saturated carbocycles. The first-order valence-electron chi connectivity index (χ1n) is 11.7. The van der Waals surface area contributed by atoms with E-state index in [9.17, 15) is 4.79 Å². The van der Waals surface area contributed by atoms with E-state index in [-0.39, 0.29) is 5.91 Å². The maximum absolute atomic E-state index is 12.7. The summed E-state index contributed by atoms with van der Waals surface area (Å²) in [6.45, 7) is 9.93. The molecule has 0 N–H and O–H groups in total. The van der Waals surface area contributed by atoms with Crippen molar-refractivity contribution in [3.05, 3.63) is 16.3 Å². The molecule has 0 aromatic carbocycles. The molecule has 0 spiro atoms. The van der Waals surface area contributed by atoms with Gasteiger partial charge in [-0.05, 0) is 57.2 Å². The third kappa shape index (κ3) is 3.82. The van der Waals surface area contributed by atoms with Crippen LogP contribution in [0, 0.1) is 0 Å². The van der Waals surface area contributed by atoms with Crippen molar-refractivity contribution in [2.24, 2.45) is 0 Å². The molecule has 0 bridgehead atoms. The van der Waals surface area contributed by atoms with E-state index < -0.39 is 0 Å². The lowest BCUT2D eigenvalue weighted by molar-refractivity contribution is -0.132. The molecule has 3 heterocycles. The standard InChI is InChI=1S/C23H33N5OS/c1-3-26(4-2)15-19(29)27-11-13-28(14-12-27)22-20-17-7-5-6-8-18(17)30-23(20)25-21(24-22)16-9-10-16/h16H,3-15H2,1-2H3. The van der Waals surface area contributed by atoms with Gasteiger partial charge in [0.2, 0.25) is 5.91 Å². The summed E-state index contributed by atoms with van der Waals surface area (Å²) < 4.78 is 0. The molecule has 0 unspecified atom stereocenters. The Morgan fingerprint density at radius 1 is 1.07 bits per heavy atom. The number of rotatable bonds is 6. The van der Waals surface area contributed by atoms with Crippen LogP contribution in [0.2, 0.25) is 0 Å². The summed E-state index contributed by atoms with van der Waals surface area (Å²) in [5.74, 6) is 3.02. The highest BCUT2D eigenvalue weighted by molar-refractivity contribution is 7.19. The van der Waals surface area contributed by atoms with Crippen LogP contribution in [0.3, 0.4) is 0 Å². The van der Waals surface area contributed by atoms with Crippen LogP contribution in [0.5, 0.6) is 0 Å². The average Bonchev–Trinajstić information content (AvgIpc) is 3.57. The van der Waals surface area contributed by atoms with Crippen molar-refractivity contribution < 1.29 is 4.79 Å². The largest absolute Gasteiger partial charge is 0.352 e. The second-order valence-electron chi connectivity index (χ2n) is 8.90. The molecular formula is C23H33N5OS. The van der Waals surface area contributed by atoms with Crippen molar-refractivity contribution in [3.8, 4) is 0 Å². The molecule has 2 aromatic heterocycles. The van der Waals surface area contributed by atoms with Crippen molar-refractivity contribution in [1.29, 1.82) is 0 Å². The lowest BCUT2D eigenvalue weighted by Gasteiger charge is -2.36. The lowest BCUT2D eigenvalue weighted by Crippen LogP contribution is -2.51. The van der Waals surface area contributed by atoms with E-state index in [1.807, 2.05) is 16.2 Å². The van der Waals surface area contributed by atoms with Gasteiger partial charge >= 0.3 is 0 Å². The van der Waals surface area contributed by atoms with Gasteiger partial charge in [-0.2, -0.15) is 0 Å². The van der Waals surface area contributed by atoms with E-state index in [0.717, 1.165) is 57.3 Å². The Bertz CT molecular complexity index is 925. The summed E-state index contributed by atoms with van der Waals surface area (Å²) in [6.07, 6.45) is 7.38. The van der Waals surface area contributed by atoms with Gasteiger partial charge in [0.1, 0.15) is 16.5 Å². The number of anilines is 1. The normalized spacial score (nSPS) is 19.6. The number of amides is 1. The minimum Gasteiger partial charge on any atom is -0.352 e. The number of likely N-dealkylation sites (N-methyl/N-ethyl adjacent to an activating group) is 1. The van der Waals surface area contributed by atoms with Crippen LogP contribution in [0.15, 0.2) is 0 Å². The molecule has 5 rings (SSSR count). The summed E-state index contributed by atoms with van der Waals surface area (Å²) in [5, 5.41) is 1.32. The number of carbonyl (C=O) groups is 1. The van der Waals surface area contributed by atoms with Crippen molar-refractivity contribution in [2.75, 3.05) is 50.7 Å². The van der Waals surface area contributed by atoms with Gasteiger partial charge in [0.05, 0.1) is 11.9 Å². The lowest BCUT2D eigenvalue weighted by atomic mass is 9.97. The first-order chi connectivity index (χ1) is 14.7. The third-order valence-corrected chi connectivity index (χ3v) is 8.13. The van der Waals surface area contributed by atoms with Crippen LogP contribution in [0.4, 0.5) is 5.82 Å².